The molecule has 0 spiro atoms. The van der Waals surface area contributed by atoms with Crippen LogP contribution in [0.15, 0.2) is 131 Å². The monoisotopic (exact) mass is 683 g/mol. The Morgan fingerprint density at radius 2 is 1.54 bits per heavy atom. The summed E-state index contributed by atoms with van der Waals surface area (Å²) < 4.78 is 46.3. The standard InChI is InChI=1S/C37H34ClN3O6S/c1-3-46-36-23-29(15-22-35(36)47-26-28-13-16-30(38)17-14-28)24-39-40-37(42)33-11-7-8-12-34(33)41(25-27-9-5-4-6-10-27)48(43,44)32-20-18-31(45-2)19-21-32/h4-24H,3,25-26H2,1-2H3,(H,40,42)/b39-24-. The van der Waals surface area contributed by atoms with Crippen molar-refractivity contribution in [3.05, 3.63) is 149 Å². The maximum atomic E-state index is 14.1. The number of benzene rings is 5. The Labute approximate surface area is 285 Å². The van der Waals surface area contributed by atoms with Gasteiger partial charge in [-0.25, -0.2) is 13.8 Å². The SMILES string of the molecule is CCOc1cc(/C=N\NC(=O)c2ccccc2N(Cc2ccccc2)S(=O)(=O)c2ccc(OC)cc2)ccc1OCc1ccc(Cl)cc1. The van der Waals surface area contributed by atoms with Crippen molar-refractivity contribution in [2.24, 2.45) is 5.10 Å². The molecule has 0 bridgehead atoms. The number of nitrogens with one attached hydrogen (secondary N) is 1. The topological polar surface area (TPSA) is 107 Å². The molecule has 5 rings (SSSR count). The molecule has 48 heavy (non-hydrogen) atoms. The minimum absolute atomic E-state index is 0.00456. The van der Waals surface area contributed by atoms with Crippen LogP contribution in [0, 0.1) is 0 Å². The van der Waals surface area contributed by atoms with Gasteiger partial charge < -0.3 is 14.2 Å². The van der Waals surface area contributed by atoms with Gasteiger partial charge in [0.25, 0.3) is 15.9 Å². The first-order valence-electron chi connectivity index (χ1n) is 15.1. The van der Waals surface area contributed by atoms with Crippen molar-refractivity contribution in [2.45, 2.75) is 25.0 Å². The van der Waals surface area contributed by atoms with E-state index in [2.05, 4.69) is 10.5 Å². The first-order chi connectivity index (χ1) is 23.3. The summed E-state index contributed by atoms with van der Waals surface area (Å²) in [6, 6.07) is 34.5. The Bertz CT molecular complexity index is 1970. The van der Waals surface area contributed by atoms with Crippen LogP contribution in [0.5, 0.6) is 17.2 Å². The van der Waals surface area contributed by atoms with Crippen LogP contribution in [0.3, 0.4) is 0 Å². The Morgan fingerprint density at radius 3 is 2.25 bits per heavy atom. The molecule has 0 fully saturated rings. The second-order valence-corrected chi connectivity index (χ2v) is 12.7. The highest BCUT2D eigenvalue weighted by atomic mass is 35.5. The van der Waals surface area contributed by atoms with Crippen molar-refractivity contribution in [3.63, 3.8) is 0 Å². The molecule has 5 aromatic carbocycles. The number of ether oxygens (including phenoxy) is 3. The number of rotatable bonds is 14. The van der Waals surface area contributed by atoms with Gasteiger partial charge in [0, 0.05) is 5.02 Å². The van der Waals surface area contributed by atoms with Gasteiger partial charge >= 0.3 is 0 Å². The lowest BCUT2D eigenvalue weighted by molar-refractivity contribution is 0.0955. The number of anilines is 1. The fourth-order valence-corrected chi connectivity index (χ4v) is 6.36. The minimum Gasteiger partial charge on any atom is -0.497 e. The number of halogens is 1. The fraction of sp³-hybridized carbons (Fsp3) is 0.135. The Hall–Kier alpha value is -5.32. The smallest absolute Gasteiger partial charge is 0.273 e. The number of nitrogens with zero attached hydrogens (tertiary/aromatic N) is 2. The van der Waals surface area contributed by atoms with E-state index in [1.807, 2.05) is 49.4 Å². The molecule has 0 radical (unpaired) electrons. The third-order valence-electron chi connectivity index (χ3n) is 7.19. The zero-order chi connectivity index (χ0) is 33.9. The molecule has 9 nitrogen and oxygen atoms in total. The second-order valence-electron chi connectivity index (χ2n) is 10.4. The van der Waals surface area contributed by atoms with E-state index in [0.717, 1.165) is 11.1 Å². The average molecular weight is 684 g/mol. The zero-order valence-corrected chi connectivity index (χ0v) is 27.9. The van der Waals surface area contributed by atoms with Crippen LogP contribution in [-0.4, -0.2) is 34.3 Å². The molecule has 0 aliphatic carbocycles. The lowest BCUT2D eigenvalue weighted by atomic mass is 10.1. The summed E-state index contributed by atoms with van der Waals surface area (Å²) in [6.45, 7) is 2.62. The largest absolute Gasteiger partial charge is 0.497 e. The maximum absolute atomic E-state index is 14.1. The van der Waals surface area contributed by atoms with E-state index in [-0.39, 0.29) is 22.7 Å². The number of hydrogen-bond acceptors (Lipinski definition) is 7. The van der Waals surface area contributed by atoms with E-state index in [4.69, 9.17) is 25.8 Å². The van der Waals surface area contributed by atoms with Gasteiger partial charge in [-0.1, -0.05) is 66.2 Å². The molecule has 0 atom stereocenters. The molecule has 1 amide bonds. The van der Waals surface area contributed by atoms with Gasteiger partial charge in [-0.15, -0.1) is 0 Å². The molecule has 0 saturated carbocycles. The Balaban J connectivity index is 1.37. The van der Waals surface area contributed by atoms with Crippen LogP contribution in [0.2, 0.25) is 5.02 Å². The summed E-state index contributed by atoms with van der Waals surface area (Å²) in [5.74, 6) is 1.01. The maximum Gasteiger partial charge on any atom is 0.273 e. The van der Waals surface area contributed by atoms with Crippen molar-refractivity contribution in [1.29, 1.82) is 0 Å². The summed E-state index contributed by atoms with van der Waals surface area (Å²) >= 11 is 5.98. The summed E-state index contributed by atoms with van der Waals surface area (Å²) in [4.78, 5) is 13.6. The van der Waals surface area contributed by atoms with Gasteiger partial charge in [-0.2, -0.15) is 5.10 Å². The number of carbonyl (C=O) groups excluding carboxylic acids is 1. The first-order valence-corrected chi connectivity index (χ1v) is 16.9. The summed E-state index contributed by atoms with van der Waals surface area (Å²) in [5.41, 5.74) is 5.22. The van der Waals surface area contributed by atoms with Crippen molar-refractivity contribution >= 4 is 39.4 Å². The van der Waals surface area contributed by atoms with Gasteiger partial charge in [0.15, 0.2) is 11.5 Å². The minimum atomic E-state index is -4.11. The van der Waals surface area contributed by atoms with Crippen molar-refractivity contribution in [3.8, 4) is 17.2 Å². The van der Waals surface area contributed by atoms with Gasteiger partial charge in [0.2, 0.25) is 0 Å². The molecule has 0 unspecified atom stereocenters. The molecular formula is C37H34ClN3O6S. The third kappa shape index (κ3) is 8.52. The Morgan fingerprint density at radius 1 is 0.833 bits per heavy atom. The Kier molecular flexibility index (Phi) is 11.3. The lowest BCUT2D eigenvalue weighted by Gasteiger charge is -2.26. The number of carbonyl (C=O) groups is 1. The predicted molar refractivity (Wildman–Crippen MR) is 188 cm³/mol. The van der Waals surface area contributed by atoms with Gasteiger partial charge in [0.1, 0.15) is 12.4 Å². The van der Waals surface area contributed by atoms with Gasteiger partial charge in [-0.05, 0) is 90.3 Å². The van der Waals surface area contributed by atoms with Crippen LogP contribution in [0.1, 0.15) is 34.0 Å². The first kappa shape index (κ1) is 34.0. The zero-order valence-electron chi connectivity index (χ0n) is 26.4. The lowest BCUT2D eigenvalue weighted by Crippen LogP contribution is -2.33. The van der Waals surface area contributed by atoms with E-state index in [1.165, 1.54) is 29.8 Å². The highest BCUT2D eigenvalue weighted by Crippen LogP contribution is 2.31. The highest BCUT2D eigenvalue weighted by Gasteiger charge is 2.28. The van der Waals surface area contributed by atoms with E-state index in [1.54, 1.807) is 66.7 Å². The molecule has 0 aromatic heterocycles. The number of hydrogen-bond donors (Lipinski definition) is 1. The molecule has 11 heteroatoms. The number of sulfonamides is 1. The van der Waals surface area contributed by atoms with Crippen LogP contribution in [0.4, 0.5) is 5.69 Å². The van der Waals surface area contributed by atoms with E-state index >= 15 is 0 Å². The van der Waals surface area contributed by atoms with Crippen LogP contribution < -0.4 is 23.9 Å². The molecule has 5 aromatic rings. The third-order valence-corrected chi connectivity index (χ3v) is 9.21. The molecule has 1 N–H and O–H groups in total. The van der Waals surface area contributed by atoms with E-state index in [0.29, 0.717) is 41.0 Å². The van der Waals surface area contributed by atoms with Crippen molar-refractivity contribution < 1.29 is 27.4 Å². The molecule has 246 valence electrons. The number of amides is 1. The van der Waals surface area contributed by atoms with Crippen molar-refractivity contribution in [1.82, 2.24) is 5.43 Å². The van der Waals surface area contributed by atoms with E-state index in [9.17, 15) is 13.2 Å². The highest BCUT2D eigenvalue weighted by molar-refractivity contribution is 7.92. The molecular weight excluding hydrogens is 650 g/mol. The second kappa shape index (κ2) is 16.0. The van der Waals surface area contributed by atoms with Crippen molar-refractivity contribution in [2.75, 3.05) is 18.0 Å². The average Bonchev–Trinajstić information content (AvgIpc) is 3.11. The van der Waals surface area contributed by atoms with Gasteiger partial charge in [0.05, 0.1) is 42.6 Å². The number of methoxy groups -OCH3 is 1. The van der Waals surface area contributed by atoms with Crippen LogP contribution >= 0.6 is 11.6 Å². The molecule has 0 heterocycles. The van der Waals surface area contributed by atoms with Gasteiger partial charge in [-0.3, -0.25) is 9.10 Å². The summed E-state index contributed by atoms with van der Waals surface area (Å²) in [6.07, 6.45) is 1.47. The normalized spacial score (nSPS) is 11.2. The number of para-hydroxylation sites is 1. The number of hydrazone groups is 1. The van der Waals surface area contributed by atoms with E-state index < -0.39 is 15.9 Å². The molecule has 0 saturated heterocycles. The quantitative estimate of drug-likeness (QED) is 0.0961. The van der Waals surface area contributed by atoms with Crippen LogP contribution in [0.25, 0.3) is 0 Å². The molecule has 0 aliphatic heterocycles. The predicted octanol–water partition coefficient (Wildman–Crippen LogP) is 7.49. The summed E-state index contributed by atoms with van der Waals surface area (Å²) in [5, 5.41) is 4.81. The van der Waals surface area contributed by atoms with Crippen LogP contribution in [-0.2, 0) is 23.2 Å². The summed E-state index contributed by atoms with van der Waals surface area (Å²) in [7, 11) is -2.60. The fourth-order valence-electron chi connectivity index (χ4n) is 4.77. The molecule has 0 aliphatic rings.